The number of benzene rings is 1. The monoisotopic (exact) mass is 371 g/mol. The van der Waals surface area contributed by atoms with Crippen LogP contribution in [0.5, 0.6) is 0 Å². The SMILES string of the molecule is CCOC(=O)CSc1nnc(SCc2cccc([N+](=O)[O-])c2)s1. The van der Waals surface area contributed by atoms with Gasteiger partial charge in [0, 0.05) is 17.9 Å². The highest BCUT2D eigenvalue weighted by atomic mass is 32.2. The minimum Gasteiger partial charge on any atom is -0.465 e. The average Bonchev–Trinajstić information content (AvgIpc) is 2.99. The lowest BCUT2D eigenvalue weighted by atomic mass is 10.2. The Hall–Kier alpha value is -1.65. The summed E-state index contributed by atoms with van der Waals surface area (Å²) >= 11 is 4.12. The third-order valence-corrected chi connectivity index (χ3v) is 5.72. The number of esters is 1. The highest BCUT2D eigenvalue weighted by Gasteiger charge is 2.10. The Morgan fingerprint density at radius 3 is 2.78 bits per heavy atom. The van der Waals surface area contributed by atoms with Crippen LogP contribution in [0.3, 0.4) is 0 Å². The molecule has 1 heterocycles. The molecule has 0 saturated carbocycles. The molecule has 0 radical (unpaired) electrons. The maximum absolute atomic E-state index is 11.3. The molecule has 1 aromatic heterocycles. The number of carbonyl (C=O) groups is 1. The number of aromatic nitrogens is 2. The minimum absolute atomic E-state index is 0.0750. The van der Waals surface area contributed by atoms with E-state index in [2.05, 4.69) is 10.2 Å². The molecule has 0 saturated heterocycles. The Morgan fingerprint density at radius 2 is 2.09 bits per heavy atom. The quantitative estimate of drug-likeness (QED) is 0.301. The molecular formula is C13H13N3O4S3. The second kappa shape index (κ2) is 8.85. The molecule has 2 rings (SSSR count). The van der Waals surface area contributed by atoms with E-state index in [1.807, 2.05) is 6.07 Å². The van der Waals surface area contributed by atoms with Crippen LogP contribution in [0.1, 0.15) is 12.5 Å². The van der Waals surface area contributed by atoms with Gasteiger partial charge in [0.1, 0.15) is 0 Å². The summed E-state index contributed by atoms with van der Waals surface area (Å²) in [6, 6.07) is 6.50. The van der Waals surface area contributed by atoms with Gasteiger partial charge >= 0.3 is 5.97 Å². The predicted molar refractivity (Wildman–Crippen MR) is 89.9 cm³/mol. The molecule has 2 aromatic rings. The summed E-state index contributed by atoms with van der Waals surface area (Å²) in [5, 5.41) is 18.8. The summed E-state index contributed by atoms with van der Waals surface area (Å²) in [5.41, 5.74) is 0.922. The molecule has 10 heteroatoms. The van der Waals surface area contributed by atoms with E-state index in [0.717, 1.165) is 9.90 Å². The first-order valence-electron chi connectivity index (χ1n) is 6.56. The smallest absolute Gasteiger partial charge is 0.316 e. The molecule has 122 valence electrons. The lowest BCUT2D eigenvalue weighted by molar-refractivity contribution is -0.384. The van der Waals surface area contributed by atoms with Crippen LogP contribution in [0.15, 0.2) is 32.9 Å². The zero-order chi connectivity index (χ0) is 16.7. The summed E-state index contributed by atoms with van der Waals surface area (Å²) < 4.78 is 6.29. The number of carbonyl (C=O) groups excluding carboxylic acids is 1. The van der Waals surface area contributed by atoms with Crippen molar-refractivity contribution in [2.75, 3.05) is 12.4 Å². The van der Waals surface area contributed by atoms with Crippen molar-refractivity contribution >= 4 is 46.5 Å². The summed E-state index contributed by atoms with van der Waals surface area (Å²) in [6.07, 6.45) is 0. The molecule has 0 N–H and O–H groups in total. The molecule has 0 amide bonds. The fourth-order valence-electron chi connectivity index (χ4n) is 1.54. The second-order valence-electron chi connectivity index (χ2n) is 4.14. The molecule has 0 aliphatic heterocycles. The van der Waals surface area contributed by atoms with Crippen molar-refractivity contribution in [3.05, 3.63) is 39.9 Å². The molecule has 0 aliphatic carbocycles. The molecule has 0 fully saturated rings. The first-order valence-corrected chi connectivity index (χ1v) is 9.35. The lowest BCUT2D eigenvalue weighted by Crippen LogP contribution is -2.06. The Labute approximate surface area is 145 Å². The molecular weight excluding hydrogens is 358 g/mol. The molecule has 23 heavy (non-hydrogen) atoms. The van der Waals surface area contributed by atoms with Crippen molar-refractivity contribution < 1.29 is 14.5 Å². The van der Waals surface area contributed by atoms with Crippen LogP contribution >= 0.6 is 34.9 Å². The third kappa shape index (κ3) is 5.81. The van der Waals surface area contributed by atoms with E-state index in [9.17, 15) is 14.9 Å². The van der Waals surface area contributed by atoms with Crippen molar-refractivity contribution in [2.24, 2.45) is 0 Å². The molecule has 0 unspecified atom stereocenters. The zero-order valence-corrected chi connectivity index (χ0v) is 14.6. The van der Waals surface area contributed by atoms with Crippen molar-refractivity contribution in [1.29, 1.82) is 0 Å². The van der Waals surface area contributed by atoms with Crippen molar-refractivity contribution in [1.82, 2.24) is 10.2 Å². The maximum atomic E-state index is 11.3. The fraction of sp³-hybridized carbons (Fsp3) is 0.308. The lowest BCUT2D eigenvalue weighted by Gasteiger charge is -1.99. The van der Waals surface area contributed by atoms with Crippen LogP contribution in [-0.4, -0.2) is 33.4 Å². The van der Waals surface area contributed by atoms with E-state index in [-0.39, 0.29) is 17.4 Å². The largest absolute Gasteiger partial charge is 0.465 e. The number of nitrogens with zero attached hydrogens (tertiary/aromatic N) is 3. The van der Waals surface area contributed by atoms with Crippen LogP contribution in [0.25, 0.3) is 0 Å². The molecule has 0 bridgehead atoms. The third-order valence-electron chi connectivity index (χ3n) is 2.49. The van der Waals surface area contributed by atoms with E-state index < -0.39 is 4.92 Å². The van der Waals surface area contributed by atoms with E-state index in [1.165, 1.54) is 40.9 Å². The van der Waals surface area contributed by atoms with Crippen LogP contribution < -0.4 is 0 Å². The van der Waals surface area contributed by atoms with E-state index in [4.69, 9.17) is 4.74 Å². The second-order valence-corrected chi connectivity index (χ2v) is 7.57. The predicted octanol–water partition coefficient (Wildman–Crippen LogP) is 3.39. The maximum Gasteiger partial charge on any atom is 0.316 e. The number of hydrogen-bond donors (Lipinski definition) is 0. The summed E-state index contributed by atoms with van der Waals surface area (Å²) in [7, 11) is 0. The van der Waals surface area contributed by atoms with Gasteiger partial charge in [0.05, 0.1) is 17.3 Å². The Morgan fingerprint density at radius 1 is 1.35 bits per heavy atom. The normalized spacial score (nSPS) is 10.5. The summed E-state index contributed by atoms with van der Waals surface area (Å²) in [6.45, 7) is 2.12. The number of nitro groups is 1. The number of thioether (sulfide) groups is 2. The zero-order valence-electron chi connectivity index (χ0n) is 12.1. The topological polar surface area (TPSA) is 95.2 Å². The number of nitro benzene ring substituents is 1. The van der Waals surface area contributed by atoms with Gasteiger partial charge in [-0.15, -0.1) is 10.2 Å². The number of ether oxygens (including phenoxy) is 1. The first kappa shape index (κ1) is 17.7. The Balaban J connectivity index is 1.86. The standard InChI is InChI=1S/C13H13N3O4S3/c1-2-20-11(17)8-22-13-15-14-12(23-13)21-7-9-4-3-5-10(6-9)16(18)19/h3-6H,2,7-8H2,1H3. The van der Waals surface area contributed by atoms with Crippen LogP contribution in [-0.2, 0) is 15.3 Å². The molecule has 0 spiro atoms. The van der Waals surface area contributed by atoms with Gasteiger partial charge in [-0.2, -0.15) is 0 Å². The average molecular weight is 371 g/mol. The highest BCUT2D eigenvalue weighted by molar-refractivity contribution is 8.03. The van der Waals surface area contributed by atoms with Gasteiger partial charge in [0.25, 0.3) is 5.69 Å². The number of hydrogen-bond acceptors (Lipinski definition) is 9. The van der Waals surface area contributed by atoms with Gasteiger partial charge < -0.3 is 4.74 Å². The Kier molecular flexibility index (Phi) is 6.81. The summed E-state index contributed by atoms with van der Waals surface area (Å²) in [4.78, 5) is 21.6. The summed E-state index contributed by atoms with van der Waals surface area (Å²) in [5.74, 6) is 0.496. The van der Waals surface area contributed by atoms with Crippen LogP contribution in [0.2, 0.25) is 0 Å². The number of rotatable bonds is 8. The molecule has 1 aromatic carbocycles. The van der Waals surface area contributed by atoms with Crippen molar-refractivity contribution in [2.45, 2.75) is 21.4 Å². The van der Waals surface area contributed by atoms with Crippen LogP contribution in [0.4, 0.5) is 5.69 Å². The van der Waals surface area contributed by atoms with Crippen molar-refractivity contribution in [3.8, 4) is 0 Å². The number of non-ortho nitro benzene ring substituents is 1. The molecule has 0 aliphatic rings. The highest BCUT2D eigenvalue weighted by Crippen LogP contribution is 2.31. The minimum atomic E-state index is -0.413. The Bertz CT molecular complexity index is 693. The first-order chi connectivity index (χ1) is 11.1. The van der Waals surface area contributed by atoms with Gasteiger partial charge in [0.2, 0.25) is 0 Å². The van der Waals surface area contributed by atoms with E-state index >= 15 is 0 Å². The van der Waals surface area contributed by atoms with Gasteiger partial charge in [-0.05, 0) is 12.5 Å². The van der Waals surface area contributed by atoms with E-state index in [0.29, 0.717) is 16.7 Å². The fourth-order valence-corrected chi connectivity index (χ4v) is 4.30. The van der Waals surface area contributed by atoms with Gasteiger partial charge in [-0.3, -0.25) is 14.9 Å². The molecule has 7 nitrogen and oxygen atoms in total. The van der Waals surface area contributed by atoms with Crippen LogP contribution in [0, 0.1) is 10.1 Å². The van der Waals surface area contributed by atoms with Crippen molar-refractivity contribution in [3.63, 3.8) is 0 Å². The van der Waals surface area contributed by atoms with Gasteiger partial charge in [0.15, 0.2) is 8.68 Å². The van der Waals surface area contributed by atoms with E-state index in [1.54, 1.807) is 19.1 Å². The van der Waals surface area contributed by atoms with Gasteiger partial charge in [-0.25, -0.2) is 0 Å². The van der Waals surface area contributed by atoms with Gasteiger partial charge in [-0.1, -0.05) is 47.0 Å². The molecule has 0 atom stereocenters.